The summed E-state index contributed by atoms with van der Waals surface area (Å²) in [6, 6.07) is 15.5. The zero-order chi connectivity index (χ0) is 23.7. The number of aromatic amines is 1. The van der Waals surface area contributed by atoms with E-state index in [0.717, 1.165) is 55.2 Å². The van der Waals surface area contributed by atoms with Crippen LogP contribution >= 0.6 is 0 Å². The van der Waals surface area contributed by atoms with Gasteiger partial charge in [-0.2, -0.15) is 8.78 Å². The molecule has 2 N–H and O–H groups in total. The summed E-state index contributed by atoms with van der Waals surface area (Å²) < 4.78 is 33.3. The molecule has 178 valence electrons. The number of H-pyrrole nitrogens is 1. The Labute approximate surface area is 194 Å². The molecule has 1 heterocycles. The quantitative estimate of drug-likeness (QED) is 0.315. The minimum Gasteiger partial charge on any atom is -0.375 e. The minimum atomic E-state index is -2.94. The lowest BCUT2D eigenvalue weighted by Gasteiger charge is -2.17. The first-order valence-electron chi connectivity index (χ1n) is 11.7. The molecule has 4 nitrogen and oxygen atoms in total. The van der Waals surface area contributed by atoms with E-state index >= 15 is 0 Å². The number of aryl methyl sites for hydroxylation is 1. The standard InChI is InChI=1S/C27H34F2N2O2/c1-20-12-13-23(24-14-15-25(32)31-26(20)24)21(2)18-30-16-8-3-4-9-17-33-19-27(28,29)22-10-6-5-7-11-22/h5-7,10-15,21,30H,3-4,8-9,16-19H2,1-2H3,(H,31,32). The highest BCUT2D eigenvalue weighted by Gasteiger charge is 2.31. The molecule has 0 saturated heterocycles. The summed E-state index contributed by atoms with van der Waals surface area (Å²) in [6.07, 6.45) is 3.82. The average Bonchev–Trinajstić information content (AvgIpc) is 2.81. The van der Waals surface area contributed by atoms with Crippen LogP contribution in [0.15, 0.2) is 59.4 Å². The van der Waals surface area contributed by atoms with E-state index in [1.165, 1.54) is 17.7 Å². The number of benzene rings is 2. The van der Waals surface area contributed by atoms with Gasteiger partial charge in [0.25, 0.3) is 5.92 Å². The topological polar surface area (TPSA) is 54.1 Å². The molecule has 0 bridgehead atoms. The second-order valence-corrected chi connectivity index (χ2v) is 8.73. The molecule has 0 aliphatic carbocycles. The van der Waals surface area contributed by atoms with Crippen LogP contribution in [0.4, 0.5) is 8.78 Å². The van der Waals surface area contributed by atoms with Crippen molar-refractivity contribution < 1.29 is 13.5 Å². The van der Waals surface area contributed by atoms with Crippen LogP contribution in [0.3, 0.4) is 0 Å². The SMILES string of the molecule is Cc1ccc(C(C)CNCCCCCCOCC(F)(F)c2ccccc2)c2ccc(=O)[nH]c12. The smallest absolute Gasteiger partial charge is 0.296 e. The number of pyridine rings is 1. The number of alkyl halides is 2. The molecule has 0 radical (unpaired) electrons. The number of aromatic nitrogens is 1. The summed E-state index contributed by atoms with van der Waals surface area (Å²) in [5.41, 5.74) is 3.12. The zero-order valence-corrected chi connectivity index (χ0v) is 19.5. The van der Waals surface area contributed by atoms with Crippen LogP contribution < -0.4 is 10.9 Å². The normalized spacial score (nSPS) is 12.8. The van der Waals surface area contributed by atoms with E-state index in [2.05, 4.69) is 29.4 Å². The van der Waals surface area contributed by atoms with E-state index in [9.17, 15) is 13.6 Å². The third-order valence-electron chi connectivity index (χ3n) is 5.99. The molecule has 1 aromatic heterocycles. The van der Waals surface area contributed by atoms with Gasteiger partial charge in [-0.15, -0.1) is 0 Å². The highest BCUT2D eigenvalue weighted by molar-refractivity contribution is 5.85. The third kappa shape index (κ3) is 7.21. The van der Waals surface area contributed by atoms with Crippen LogP contribution in [-0.4, -0.2) is 31.3 Å². The molecule has 2 aromatic carbocycles. The fraction of sp³-hybridized carbons (Fsp3) is 0.444. The van der Waals surface area contributed by atoms with Gasteiger partial charge in [-0.25, -0.2) is 0 Å². The molecule has 33 heavy (non-hydrogen) atoms. The van der Waals surface area contributed by atoms with E-state index in [0.29, 0.717) is 12.5 Å². The summed E-state index contributed by atoms with van der Waals surface area (Å²) in [4.78, 5) is 14.6. The van der Waals surface area contributed by atoms with Gasteiger partial charge in [-0.05, 0) is 49.4 Å². The largest absolute Gasteiger partial charge is 0.375 e. The number of halogens is 2. The van der Waals surface area contributed by atoms with Crippen LogP contribution in [0, 0.1) is 6.92 Å². The number of ether oxygens (including phenoxy) is 1. The minimum absolute atomic E-state index is 0.00257. The maximum atomic E-state index is 14.0. The van der Waals surface area contributed by atoms with Crippen LogP contribution in [0.1, 0.15) is 55.2 Å². The number of hydrogen-bond acceptors (Lipinski definition) is 3. The second kappa shape index (κ2) is 12.1. The fourth-order valence-corrected chi connectivity index (χ4v) is 4.05. The number of rotatable bonds is 13. The molecular weight excluding hydrogens is 422 g/mol. The van der Waals surface area contributed by atoms with Crippen molar-refractivity contribution >= 4 is 10.9 Å². The highest BCUT2D eigenvalue weighted by Crippen LogP contribution is 2.28. The lowest BCUT2D eigenvalue weighted by atomic mass is 9.94. The zero-order valence-electron chi connectivity index (χ0n) is 19.5. The van der Waals surface area contributed by atoms with Crippen molar-refractivity contribution in [2.24, 2.45) is 0 Å². The van der Waals surface area contributed by atoms with Gasteiger partial charge in [0.05, 0.1) is 5.52 Å². The monoisotopic (exact) mass is 456 g/mol. The van der Waals surface area contributed by atoms with Gasteiger partial charge in [0, 0.05) is 30.2 Å². The van der Waals surface area contributed by atoms with Gasteiger partial charge < -0.3 is 15.0 Å². The Bertz CT molecular complexity index is 1070. The van der Waals surface area contributed by atoms with Crippen molar-refractivity contribution in [1.82, 2.24) is 10.3 Å². The Kier molecular flexibility index (Phi) is 9.15. The molecule has 0 saturated carbocycles. The molecule has 3 rings (SSSR count). The van der Waals surface area contributed by atoms with Crippen molar-refractivity contribution in [3.63, 3.8) is 0 Å². The Morgan fingerprint density at radius 1 is 1.00 bits per heavy atom. The summed E-state index contributed by atoms with van der Waals surface area (Å²) in [5.74, 6) is -2.63. The summed E-state index contributed by atoms with van der Waals surface area (Å²) in [5, 5.41) is 4.61. The molecule has 0 spiro atoms. The molecule has 1 atom stereocenters. The van der Waals surface area contributed by atoms with Gasteiger partial charge in [0.2, 0.25) is 5.56 Å². The summed E-state index contributed by atoms with van der Waals surface area (Å²) in [6.45, 7) is 5.75. The lowest BCUT2D eigenvalue weighted by molar-refractivity contribution is -0.0831. The van der Waals surface area contributed by atoms with Crippen LogP contribution in [-0.2, 0) is 10.7 Å². The van der Waals surface area contributed by atoms with Gasteiger partial charge >= 0.3 is 0 Å². The molecule has 0 amide bonds. The Morgan fingerprint density at radius 2 is 1.76 bits per heavy atom. The van der Waals surface area contributed by atoms with E-state index < -0.39 is 12.5 Å². The number of nitrogens with one attached hydrogen (secondary N) is 2. The molecule has 0 aliphatic heterocycles. The van der Waals surface area contributed by atoms with Crippen molar-refractivity contribution in [2.75, 3.05) is 26.3 Å². The van der Waals surface area contributed by atoms with E-state index in [-0.39, 0.29) is 11.1 Å². The van der Waals surface area contributed by atoms with Crippen molar-refractivity contribution in [1.29, 1.82) is 0 Å². The third-order valence-corrected chi connectivity index (χ3v) is 5.99. The molecule has 1 unspecified atom stereocenters. The van der Waals surface area contributed by atoms with Gasteiger partial charge in [-0.1, -0.05) is 62.2 Å². The van der Waals surface area contributed by atoms with Crippen LogP contribution in [0.25, 0.3) is 10.9 Å². The summed E-state index contributed by atoms with van der Waals surface area (Å²) >= 11 is 0. The van der Waals surface area contributed by atoms with E-state index in [1.807, 2.05) is 13.0 Å². The van der Waals surface area contributed by atoms with Gasteiger partial charge in [0.1, 0.15) is 6.61 Å². The highest BCUT2D eigenvalue weighted by atomic mass is 19.3. The molecule has 3 aromatic rings. The van der Waals surface area contributed by atoms with Crippen LogP contribution in [0.2, 0.25) is 0 Å². The van der Waals surface area contributed by atoms with Crippen molar-refractivity contribution in [3.05, 3.63) is 81.6 Å². The molecule has 0 fully saturated rings. The maximum Gasteiger partial charge on any atom is 0.296 e. The predicted octanol–water partition coefficient (Wildman–Crippen LogP) is 5.90. The van der Waals surface area contributed by atoms with Crippen molar-refractivity contribution in [3.8, 4) is 0 Å². The first kappa shape index (κ1) is 25.1. The number of fused-ring (bicyclic) bond motifs is 1. The summed E-state index contributed by atoms with van der Waals surface area (Å²) in [7, 11) is 0. The van der Waals surface area contributed by atoms with Crippen molar-refractivity contribution in [2.45, 2.75) is 51.4 Å². The second-order valence-electron chi connectivity index (χ2n) is 8.73. The maximum absolute atomic E-state index is 14.0. The first-order valence-corrected chi connectivity index (χ1v) is 11.7. The first-order chi connectivity index (χ1) is 15.9. The van der Waals surface area contributed by atoms with Gasteiger partial charge in [0.15, 0.2) is 0 Å². The number of unbranched alkanes of at least 4 members (excludes halogenated alkanes) is 3. The molecular formula is C27H34F2N2O2. The van der Waals surface area contributed by atoms with E-state index in [4.69, 9.17) is 4.74 Å². The average molecular weight is 457 g/mol. The molecule has 6 heteroatoms. The van der Waals surface area contributed by atoms with Gasteiger partial charge in [-0.3, -0.25) is 4.79 Å². The fourth-order valence-electron chi connectivity index (χ4n) is 4.05. The Morgan fingerprint density at radius 3 is 2.55 bits per heavy atom. The number of hydrogen-bond donors (Lipinski definition) is 2. The lowest BCUT2D eigenvalue weighted by Crippen LogP contribution is -2.22. The predicted molar refractivity (Wildman–Crippen MR) is 130 cm³/mol. The van der Waals surface area contributed by atoms with E-state index in [1.54, 1.807) is 24.3 Å². The Balaban J connectivity index is 1.29. The molecule has 0 aliphatic rings. The van der Waals surface area contributed by atoms with Crippen LogP contribution in [0.5, 0.6) is 0 Å². The Hall–Kier alpha value is -2.57.